The molecule has 0 aliphatic rings. The Labute approximate surface area is 105 Å². The van der Waals surface area contributed by atoms with E-state index < -0.39 is 0 Å². The maximum Gasteiger partial charge on any atom is 0.140 e. The predicted molar refractivity (Wildman–Crippen MR) is 70.4 cm³/mol. The lowest BCUT2D eigenvalue weighted by atomic mass is 10.2. The molecule has 0 radical (unpaired) electrons. The molecular weight excluding hydrogens is 232 g/mol. The average Bonchev–Trinajstić information content (AvgIpc) is 2.75. The van der Waals surface area contributed by atoms with Gasteiger partial charge in [0.05, 0.1) is 5.69 Å². The van der Waals surface area contributed by atoms with Crippen LogP contribution in [0.1, 0.15) is 16.3 Å². The highest BCUT2D eigenvalue weighted by Gasteiger charge is 2.02. The van der Waals surface area contributed by atoms with Gasteiger partial charge in [-0.25, -0.2) is 4.98 Å². The average molecular weight is 248 g/mol. The van der Waals surface area contributed by atoms with E-state index in [1.54, 1.807) is 11.3 Å². The molecule has 1 heterocycles. The van der Waals surface area contributed by atoms with Crippen molar-refractivity contribution < 1.29 is 4.74 Å². The van der Waals surface area contributed by atoms with Crippen LogP contribution >= 0.6 is 11.3 Å². The Kier molecular flexibility index (Phi) is 4.12. The van der Waals surface area contributed by atoms with E-state index in [1.807, 2.05) is 23.6 Å². The Morgan fingerprint density at radius 2 is 2.29 bits per heavy atom. The van der Waals surface area contributed by atoms with Crippen molar-refractivity contribution in [2.24, 2.45) is 5.73 Å². The van der Waals surface area contributed by atoms with Crippen molar-refractivity contribution in [1.29, 1.82) is 0 Å². The van der Waals surface area contributed by atoms with Gasteiger partial charge in [-0.3, -0.25) is 0 Å². The third-order valence-corrected chi connectivity index (χ3v) is 3.22. The second kappa shape index (κ2) is 5.80. The summed E-state index contributed by atoms with van der Waals surface area (Å²) in [6.45, 7) is 3.22. The molecule has 17 heavy (non-hydrogen) atoms. The van der Waals surface area contributed by atoms with Crippen molar-refractivity contribution in [3.63, 3.8) is 0 Å². The standard InChI is InChI=1S/C13H16N2OS/c1-10-3-2-4-12(7-10)16-8-13-15-11(5-6-14)9-17-13/h2-4,7,9H,5-6,8,14H2,1H3. The normalized spacial score (nSPS) is 10.5. The maximum absolute atomic E-state index is 5.68. The summed E-state index contributed by atoms with van der Waals surface area (Å²) in [6, 6.07) is 8.03. The van der Waals surface area contributed by atoms with Crippen LogP contribution < -0.4 is 10.5 Å². The molecule has 0 unspecified atom stereocenters. The van der Waals surface area contributed by atoms with Gasteiger partial charge in [0, 0.05) is 11.8 Å². The largest absolute Gasteiger partial charge is 0.486 e. The number of thiazole rings is 1. The second-order valence-electron chi connectivity index (χ2n) is 3.88. The van der Waals surface area contributed by atoms with E-state index in [0.29, 0.717) is 13.2 Å². The number of aryl methyl sites for hydroxylation is 1. The van der Waals surface area contributed by atoms with Crippen molar-refractivity contribution in [2.45, 2.75) is 20.0 Å². The van der Waals surface area contributed by atoms with Gasteiger partial charge in [-0.05, 0) is 31.2 Å². The van der Waals surface area contributed by atoms with E-state index in [1.165, 1.54) is 5.56 Å². The van der Waals surface area contributed by atoms with E-state index in [-0.39, 0.29) is 0 Å². The minimum atomic E-state index is 0.526. The first kappa shape index (κ1) is 12.1. The molecule has 2 aromatic rings. The highest BCUT2D eigenvalue weighted by Crippen LogP contribution is 2.16. The Morgan fingerprint density at radius 1 is 1.41 bits per heavy atom. The molecule has 0 amide bonds. The molecule has 0 bridgehead atoms. The first-order valence-electron chi connectivity index (χ1n) is 5.61. The van der Waals surface area contributed by atoms with E-state index in [4.69, 9.17) is 10.5 Å². The molecule has 0 aliphatic carbocycles. The van der Waals surface area contributed by atoms with Gasteiger partial charge in [-0.2, -0.15) is 0 Å². The van der Waals surface area contributed by atoms with Crippen LogP contribution in [0.25, 0.3) is 0 Å². The quantitative estimate of drug-likeness (QED) is 0.884. The smallest absolute Gasteiger partial charge is 0.140 e. The summed E-state index contributed by atoms with van der Waals surface area (Å²) in [5.41, 5.74) is 7.74. The molecule has 2 N–H and O–H groups in total. The number of benzene rings is 1. The lowest BCUT2D eigenvalue weighted by molar-refractivity contribution is 0.305. The number of hydrogen-bond donors (Lipinski definition) is 1. The SMILES string of the molecule is Cc1cccc(OCc2nc(CCN)cs2)c1. The first-order valence-corrected chi connectivity index (χ1v) is 6.48. The third kappa shape index (κ3) is 3.54. The summed E-state index contributed by atoms with van der Waals surface area (Å²) < 4.78 is 5.68. The van der Waals surface area contributed by atoms with Gasteiger partial charge in [0.1, 0.15) is 17.4 Å². The van der Waals surface area contributed by atoms with Crippen LogP contribution in [0.5, 0.6) is 5.75 Å². The summed E-state index contributed by atoms with van der Waals surface area (Å²) in [6.07, 6.45) is 0.834. The van der Waals surface area contributed by atoms with Crippen LogP contribution in [0.3, 0.4) is 0 Å². The van der Waals surface area contributed by atoms with Gasteiger partial charge in [0.15, 0.2) is 0 Å². The molecule has 3 nitrogen and oxygen atoms in total. The number of hydrogen-bond acceptors (Lipinski definition) is 4. The zero-order chi connectivity index (χ0) is 12.1. The number of aromatic nitrogens is 1. The molecular formula is C13H16N2OS. The fourth-order valence-corrected chi connectivity index (χ4v) is 2.27. The topological polar surface area (TPSA) is 48.1 Å². The molecule has 0 spiro atoms. The minimum Gasteiger partial charge on any atom is -0.486 e. The molecule has 0 fully saturated rings. The Hall–Kier alpha value is -1.39. The molecule has 0 saturated carbocycles. The van der Waals surface area contributed by atoms with E-state index in [2.05, 4.69) is 18.0 Å². The van der Waals surface area contributed by atoms with Crippen LogP contribution in [0.4, 0.5) is 0 Å². The molecule has 1 aromatic carbocycles. The van der Waals surface area contributed by atoms with Crippen molar-refractivity contribution in [3.05, 3.63) is 45.9 Å². The van der Waals surface area contributed by atoms with Gasteiger partial charge < -0.3 is 10.5 Å². The second-order valence-corrected chi connectivity index (χ2v) is 4.82. The van der Waals surface area contributed by atoms with Crippen molar-refractivity contribution in [3.8, 4) is 5.75 Å². The minimum absolute atomic E-state index is 0.526. The lowest BCUT2D eigenvalue weighted by Gasteiger charge is -2.04. The van der Waals surface area contributed by atoms with Gasteiger partial charge in [0.25, 0.3) is 0 Å². The summed E-state index contributed by atoms with van der Waals surface area (Å²) in [5, 5.41) is 3.04. The van der Waals surface area contributed by atoms with Crippen LogP contribution in [0.15, 0.2) is 29.6 Å². The molecule has 0 aliphatic heterocycles. The Morgan fingerprint density at radius 3 is 3.06 bits per heavy atom. The van der Waals surface area contributed by atoms with Crippen LogP contribution in [-0.2, 0) is 13.0 Å². The highest BCUT2D eigenvalue weighted by atomic mass is 32.1. The molecule has 2 rings (SSSR count). The molecule has 0 atom stereocenters. The first-order chi connectivity index (χ1) is 8.28. The molecule has 90 valence electrons. The number of rotatable bonds is 5. The summed E-state index contributed by atoms with van der Waals surface area (Å²) in [7, 11) is 0. The summed E-state index contributed by atoms with van der Waals surface area (Å²) >= 11 is 1.62. The molecule has 1 aromatic heterocycles. The van der Waals surface area contributed by atoms with Crippen molar-refractivity contribution in [2.75, 3.05) is 6.54 Å². The van der Waals surface area contributed by atoms with Gasteiger partial charge in [-0.1, -0.05) is 12.1 Å². The monoisotopic (exact) mass is 248 g/mol. The number of nitrogens with two attached hydrogens (primary N) is 1. The zero-order valence-electron chi connectivity index (χ0n) is 9.85. The summed E-state index contributed by atoms with van der Waals surface area (Å²) in [4.78, 5) is 4.45. The zero-order valence-corrected chi connectivity index (χ0v) is 10.7. The van der Waals surface area contributed by atoms with Gasteiger partial charge in [-0.15, -0.1) is 11.3 Å². The predicted octanol–water partition coefficient (Wildman–Crippen LogP) is 2.53. The van der Waals surface area contributed by atoms with Gasteiger partial charge >= 0.3 is 0 Å². The van der Waals surface area contributed by atoms with Crippen molar-refractivity contribution in [1.82, 2.24) is 4.98 Å². The van der Waals surface area contributed by atoms with Crippen LogP contribution in [-0.4, -0.2) is 11.5 Å². The summed E-state index contributed by atoms with van der Waals surface area (Å²) in [5.74, 6) is 0.889. The van der Waals surface area contributed by atoms with Crippen molar-refractivity contribution >= 4 is 11.3 Å². The molecule has 0 saturated heterocycles. The van der Waals surface area contributed by atoms with Gasteiger partial charge in [0.2, 0.25) is 0 Å². The highest BCUT2D eigenvalue weighted by molar-refractivity contribution is 7.09. The number of nitrogens with zero attached hydrogens (tertiary/aromatic N) is 1. The Bertz CT molecular complexity index is 482. The fourth-order valence-electron chi connectivity index (χ4n) is 1.53. The fraction of sp³-hybridized carbons (Fsp3) is 0.308. The third-order valence-electron chi connectivity index (χ3n) is 2.35. The molecule has 4 heteroatoms. The lowest BCUT2D eigenvalue weighted by Crippen LogP contribution is -2.03. The van der Waals surface area contributed by atoms with E-state index in [9.17, 15) is 0 Å². The van der Waals surface area contributed by atoms with E-state index in [0.717, 1.165) is 22.9 Å². The van der Waals surface area contributed by atoms with E-state index >= 15 is 0 Å². The number of ether oxygens (including phenoxy) is 1. The van der Waals surface area contributed by atoms with Crippen LogP contribution in [0.2, 0.25) is 0 Å². The maximum atomic E-state index is 5.68. The Balaban J connectivity index is 1.93. The van der Waals surface area contributed by atoms with Crippen LogP contribution in [0, 0.1) is 6.92 Å².